The molecule has 0 spiro atoms. The minimum atomic E-state index is -0.204. The molecule has 0 aromatic heterocycles. The molecule has 1 rings (SSSR count). The third kappa shape index (κ3) is 6.60. The summed E-state index contributed by atoms with van der Waals surface area (Å²) >= 11 is 0. The molecule has 0 fully saturated rings. The molecule has 19 heavy (non-hydrogen) atoms. The van der Waals surface area contributed by atoms with Crippen molar-refractivity contribution in [3.8, 4) is 5.75 Å². The molecule has 1 aromatic carbocycles. The van der Waals surface area contributed by atoms with Crippen LogP contribution in [-0.4, -0.2) is 23.9 Å². The molecule has 0 aliphatic heterocycles. The lowest BCUT2D eigenvalue weighted by Gasteiger charge is -2.16. The van der Waals surface area contributed by atoms with Crippen LogP contribution in [0, 0.1) is 0 Å². The van der Waals surface area contributed by atoms with Crippen molar-refractivity contribution < 1.29 is 9.84 Å². The first-order valence-electron chi connectivity index (χ1n) is 7.17. The average molecular weight is 265 g/mol. The highest BCUT2D eigenvalue weighted by molar-refractivity contribution is 5.29. The van der Waals surface area contributed by atoms with E-state index in [4.69, 9.17) is 4.74 Å². The minimum absolute atomic E-state index is 0.204. The van der Waals surface area contributed by atoms with Crippen molar-refractivity contribution in [1.82, 2.24) is 5.32 Å². The standard InChI is InChI=1S/C16H27NO2/c1-12(2)19-16-9-7-15(8-10-16)14(4)17-11-5-6-13(3)18/h7-10,12-14,17-18H,5-6,11H2,1-4H3. The molecule has 0 amide bonds. The quantitative estimate of drug-likeness (QED) is 0.709. The molecule has 3 heteroatoms. The van der Waals surface area contributed by atoms with Crippen LogP contribution < -0.4 is 10.1 Å². The molecular weight excluding hydrogens is 238 g/mol. The van der Waals surface area contributed by atoms with Crippen LogP contribution in [0.15, 0.2) is 24.3 Å². The Hall–Kier alpha value is -1.06. The predicted molar refractivity (Wildman–Crippen MR) is 79.5 cm³/mol. The van der Waals surface area contributed by atoms with Crippen LogP contribution in [0.2, 0.25) is 0 Å². The molecule has 2 atom stereocenters. The zero-order chi connectivity index (χ0) is 14.3. The highest BCUT2D eigenvalue weighted by Crippen LogP contribution is 2.18. The number of hydrogen-bond donors (Lipinski definition) is 2. The summed E-state index contributed by atoms with van der Waals surface area (Å²) in [6, 6.07) is 8.56. The summed E-state index contributed by atoms with van der Waals surface area (Å²) < 4.78 is 5.63. The van der Waals surface area contributed by atoms with E-state index in [1.807, 2.05) is 32.9 Å². The number of benzene rings is 1. The third-order valence-electron chi connectivity index (χ3n) is 3.00. The van der Waals surface area contributed by atoms with Crippen molar-refractivity contribution in [2.75, 3.05) is 6.54 Å². The molecule has 2 N–H and O–H groups in total. The molecule has 0 aliphatic carbocycles. The summed E-state index contributed by atoms with van der Waals surface area (Å²) in [5, 5.41) is 12.7. The second-order valence-electron chi connectivity index (χ2n) is 5.40. The van der Waals surface area contributed by atoms with E-state index < -0.39 is 0 Å². The molecule has 1 aromatic rings. The SMILES string of the molecule is CC(O)CCCNC(C)c1ccc(OC(C)C)cc1. The van der Waals surface area contributed by atoms with E-state index in [0.29, 0.717) is 6.04 Å². The molecule has 0 radical (unpaired) electrons. The fraction of sp³-hybridized carbons (Fsp3) is 0.625. The lowest BCUT2D eigenvalue weighted by Crippen LogP contribution is -2.20. The van der Waals surface area contributed by atoms with Crippen LogP contribution in [0.5, 0.6) is 5.75 Å². The molecule has 0 bridgehead atoms. The molecule has 0 saturated heterocycles. The summed E-state index contributed by atoms with van der Waals surface area (Å²) in [7, 11) is 0. The van der Waals surface area contributed by atoms with Crippen LogP contribution in [0.25, 0.3) is 0 Å². The Labute approximate surface area is 117 Å². The van der Waals surface area contributed by atoms with Gasteiger partial charge >= 0.3 is 0 Å². The van der Waals surface area contributed by atoms with Gasteiger partial charge in [0.1, 0.15) is 5.75 Å². The highest BCUT2D eigenvalue weighted by Gasteiger charge is 2.05. The van der Waals surface area contributed by atoms with Crippen molar-refractivity contribution in [1.29, 1.82) is 0 Å². The molecule has 0 aliphatic rings. The zero-order valence-corrected chi connectivity index (χ0v) is 12.5. The van der Waals surface area contributed by atoms with Crippen molar-refractivity contribution in [3.63, 3.8) is 0 Å². The van der Waals surface area contributed by atoms with Crippen molar-refractivity contribution >= 4 is 0 Å². The van der Waals surface area contributed by atoms with Gasteiger partial charge in [-0.25, -0.2) is 0 Å². The van der Waals surface area contributed by atoms with E-state index in [0.717, 1.165) is 25.1 Å². The van der Waals surface area contributed by atoms with E-state index in [9.17, 15) is 5.11 Å². The Morgan fingerprint density at radius 3 is 2.26 bits per heavy atom. The van der Waals surface area contributed by atoms with E-state index in [2.05, 4.69) is 24.4 Å². The Bertz CT molecular complexity index is 346. The van der Waals surface area contributed by atoms with Gasteiger partial charge in [0.15, 0.2) is 0 Å². The van der Waals surface area contributed by atoms with Gasteiger partial charge in [0, 0.05) is 6.04 Å². The molecule has 0 saturated carbocycles. The van der Waals surface area contributed by atoms with Crippen molar-refractivity contribution in [3.05, 3.63) is 29.8 Å². The normalized spacial score (nSPS) is 14.4. The van der Waals surface area contributed by atoms with Gasteiger partial charge in [-0.1, -0.05) is 12.1 Å². The number of ether oxygens (including phenoxy) is 1. The smallest absolute Gasteiger partial charge is 0.119 e. The Morgan fingerprint density at radius 1 is 1.11 bits per heavy atom. The first-order valence-corrected chi connectivity index (χ1v) is 7.17. The van der Waals surface area contributed by atoms with E-state index >= 15 is 0 Å². The minimum Gasteiger partial charge on any atom is -0.491 e. The Morgan fingerprint density at radius 2 is 1.74 bits per heavy atom. The van der Waals surface area contributed by atoms with Gasteiger partial charge < -0.3 is 15.2 Å². The summed E-state index contributed by atoms with van der Waals surface area (Å²) in [6.07, 6.45) is 1.85. The van der Waals surface area contributed by atoms with Crippen molar-refractivity contribution in [2.24, 2.45) is 0 Å². The Balaban J connectivity index is 2.37. The maximum absolute atomic E-state index is 9.20. The van der Waals surface area contributed by atoms with Gasteiger partial charge in [-0.05, 0) is 64.8 Å². The molecular formula is C16H27NO2. The predicted octanol–water partition coefficient (Wildman–Crippen LogP) is 3.29. The van der Waals surface area contributed by atoms with Gasteiger partial charge in [-0.2, -0.15) is 0 Å². The lowest BCUT2D eigenvalue weighted by molar-refractivity contribution is 0.181. The number of rotatable bonds is 8. The van der Waals surface area contributed by atoms with Crippen LogP contribution in [0.1, 0.15) is 52.1 Å². The molecule has 108 valence electrons. The zero-order valence-electron chi connectivity index (χ0n) is 12.5. The second-order valence-corrected chi connectivity index (χ2v) is 5.40. The Kier molecular flexibility index (Phi) is 6.89. The number of hydrogen-bond acceptors (Lipinski definition) is 3. The van der Waals surface area contributed by atoms with Gasteiger partial charge in [0.2, 0.25) is 0 Å². The summed E-state index contributed by atoms with van der Waals surface area (Å²) in [5.41, 5.74) is 1.26. The lowest BCUT2D eigenvalue weighted by atomic mass is 10.1. The van der Waals surface area contributed by atoms with E-state index in [-0.39, 0.29) is 12.2 Å². The summed E-state index contributed by atoms with van der Waals surface area (Å²) in [5.74, 6) is 0.917. The van der Waals surface area contributed by atoms with Gasteiger partial charge in [-0.15, -0.1) is 0 Å². The van der Waals surface area contributed by atoms with Crippen LogP contribution in [0.4, 0.5) is 0 Å². The highest BCUT2D eigenvalue weighted by atomic mass is 16.5. The summed E-state index contributed by atoms with van der Waals surface area (Å²) in [4.78, 5) is 0. The molecule has 0 heterocycles. The third-order valence-corrected chi connectivity index (χ3v) is 3.00. The second kappa shape index (κ2) is 8.18. The van der Waals surface area contributed by atoms with Crippen LogP contribution in [-0.2, 0) is 0 Å². The summed E-state index contributed by atoms with van der Waals surface area (Å²) in [6.45, 7) is 8.97. The average Bonchev–Trinajstić information content (AvgIpc) is 2.34. The van der Waals surface area contributed by atoms with Gasteiger partial charge in [-0.3, -0.25) is 0 Å². The molecule has 3 nitrogen and oxygen atoms in total. The van der Waals surface area contributed by atoms with Crippen LogP contribution >= 0.6 is 0 Å². The largest absolute Gasteiger partial charge is 0.491 e. The fourth-order valence-electron chi connectivity index (χ4n) is 1.94. The number of aliphatic hydroxyl groups is 1. The number of aliphatic hydroxyl groups excluding tert-OH is 1. The van der Waals surface area contributed by atoms with E-state index in [1.54, 1.807) is 0 Å². The van der Waals surface area contributed by atoms with Crippen molar-refractivity contribution in [2.45, 2.75) is 58.8 Å². The van der Waals surface area contributed by atoms with Gasteiger partial charge in [0.25, 0.3) is 0 Å². The topological polar surface area (TPSA) is 41.5 Å². The first-order chi connectivity index (χ1) is 8.99. The molecule has 2 unspecified atom stereocenters. The van der Waals surface area contributed by atoms with Gasteiger partial charge in [0.05, 0.1) is 12.2 Å². The van der Waals surface area contributed by atoms with Crippen LogP contribution in [0.3, 0.4) is 0 Å². The number of nitrogens with one attached hydrogen (secondary N) is 1. The first kappa shape index (κ1) is 16.0. The van der Waals surface area contributed by atoms with E-state index in [1.165, 1.54) is 5.56 Å². The maximum Gasteiger partial charge on any atom is 0.119 e. The maximum atomic E-state index is 9.20. The fourth-order valence-corrected chi connectivity index (χ4v) is 1.94. The monoisotopic (exact) mass is 265 g/mol.